The normalized spacial score (nSPS) is 35.0. The van der Waals surface area contributed by atoms with Gasteiger partial charge >= 0.3 is 12.1 Å². The molecule has 2 aliphatic carbocycles. The Morgan fingerprint density at radius 3 is 2.47 bits per heavy atom. The number of aliphatic carboxylic acids is 1. The average molecular weight is 241 g/mol. The molecule has 96 valence electrons. The number of carbonyl (C=O) groups excluding carboxylic acids is 1. The van der Waals surface area contributed by atoms with Gasteiger partial charge in [0.2, 0.25) is 0 Å². The molecule has 2 aliphatic rings. The molecule has 0 heterocycles. The van der Waals surface area contributed by atoms with Gasteiger partial charge in [0.05, 0.1) is 5.41 Å². The Balaban J connectivity index is 1.87. The highest BCUT2D eigenvalue weighted by Crippen LogP contribution is 2.63. The van der Waals surface area contributed by atoms with Gasteiger partial charge < -0.3 is 15.2 Å². The third-order valence-corrected chi connectivity index (χ3v) is 3.65. The first kappa shape index (κ1) is 12.2. The van der Waals surface area contributed by atoms with E-state index < -0.39 is 23.1 Å². The summed E-state index contributed by atoms with van der Waals surface area (Å²) < 4.78 is 5.16. The molecule has 2 fully saturated rings. The second kappa shape index (κ2) is 3.62. The Kier molecular flexibility index (Phi) is 2.60. The van der Waals surface area contributed by atoms with E-state index in [1.54, 1.807) is 20.8 Å². The van der Waals surface area contributed by atoms with Gasteiger partial charge in [0.15, 0.2) is 0 Å². The smallest absolute Gasteiger partial charge is 0.407 e. The van der Waals surface area contributed by atoms with Gasteiger partial charge in [-0.1, -0.05) is 0 Å². The van der Waals surface area contributed by atoms with Gasteiger partial charge in [0.25, 0.3) is 0 Å². The quantitative estimate of drug-likeness (QED) is 0.772. The van der Waals surface area contributed by atoms with Crippen molar-refractivity contribution in [2.75, 3.05) is 0 Å². The number of fused-ring (bicyclic) bond motifs is 1. The summed E-state index contributed by atoms with van der Waals surface area (Å²) in [5, 5.41) is 11.9. The van der Waals surface area contributed by atoms with Crippen molar-refractivity contribution in [2.45, 2.75) is 51.7 Å². The van der Waals surface area contributed by atoms with Crippen molar-refractivity contribution < 1.29 is 19.4 Å². The third-order valence-electron chi connectivity index (χ3n) is 3.65. The Labute approximate surface area is 101 Å². The minimum atomic E-state index is -0.726. The number of ether oxygens (including phenoxy) is 1. The van der Waals surface area contributed by atoms with Crippen LogP contribution in [0, 0.1) is 11.3 Å². The lowest BCUT2D eigenvalue weighted by atomic mass is 10.1. The standard InChI is InChI=1S/C12H19NO4/c1-11(2,3)17-10(16)13-8-4-5-12(9(14)15)6-7(8)12/h7-8H,4-6H2,1-3H3,(H,13,16)(H,14,15)/t7-,8-,12+/m1/s1. The van der Waals surface area contributed by atoms with E-state index in [0.717, 1.165) is 6.42 Å². The number of nitrogens with one attached hydrogen (secondary N) is 1. The van der Waals surface area contributed by atoms with Gasteiger partial charge in [-0.15, -0.1) is 0 Å². The summed E-state index contributed by atoms with van der Waals surface area (Å²) in [7, 11) is 0. The Morgan fingerprint density at radius 1 is 1.41 bits per heavy atom. The van der Waals surface area contributed by atoms with E-state index in [2.05, 4.69) is 5.32 Å². The van der Waals surface area contributed by atoms with E-state index in [1.165, 1.54) is 0 Å². The van der Waals surface area contributed by atoms with Gasteiger partial charge in [-0.2, -0.15) is 0 Å². The maximum atomic E-state index is 11.6. The minimum Gasteiger partial charge on any atom is -0.481 e. The fourth-order valence-corrected chi connectivity index (χ4v) is 2.75. The highest BCUT2D eigenvalue weighted by atomic mass is 16.6. The number of hydrogen-bond acceptors (Lipinski definition) is 3. The summed E-state index contributed by atoms with van der Waals surface area (Å²) in [6, 6.07) is -0.0408. The molecule has 17 heavy (non-hydrogen) atoms. The van der Waals surface area contributed by atoms with Crippen LogP contribution in [0.4, 0.5) is 4.79 Å². The third kappa shape index (κ3) is 2.23. The van der Waals surface area contributed by atoms with Crippen LogP contribution >= 0.6 is 0 Å². The predicted octanol–water partition coefficient (Wildman–Crippen LogP) is 1.76. The summed E-state index contributed by atoms with van der Waals surface area (Å²) in [5.41, 5.74) is -1.07. The number of alkyl carbamates (subject to hydrolysis) is 1. The second-order valence-corrected chi connectivity index (χ2v) is 6.06. The van der Waals surface area contributed by atoms with Crippen LogP contribution in [-0.4, -0.2) is 28.8 Å². The molecule has 2 saturated carbocycles. The molecule has 2 rings (SSSR count). The van der Waals surface area contributed by atoms with Crippen molar-refractivity contribution in [3.05, 3.63) is 0 Å². The molecule has 0 radical (unpaired) electrons. The summed E-state index contributed by atoms with van der Waals surface area (Å²) in [6.07, 6.45) is 1.63. The Bertz CT molecular complexity index is 360. The molecule has 5 heteroatoms. The summed E-state index contributed by atoms with van der Waals surface area (Å²) in [6.45, 7) is 5.42. The molecule has 0 saturated heterocycles. The molecule has 5 nitrogen and oxygen atoms in total. The van der Waals surface area contributed by atoms with Crippen LogP contribution in [0.1, 0.15) is 40.0 Å². The molecular weight excluding hydrogens is 222 g/mol. The fourth-order valence-electron chi connectivity index (χ4n) is 2.75. The lowest BCUT2D eigenvalue weighted by molar-refractivity contribution is -0.143. The fraction of sp³-hybridized carbons (Fsp3) is 0.833. The van der Waals surface area contributed by atoms with E-state index >= 15 is 0 Å². The zero-order valence-corrected chi connectivity index (χ0v) is 10.4. The summed E-state index contributed by atoms with van der Waals surface area (Å²) >= 11 is 0. The van der Waals surface area contributed by atoms with Gasteiger partial charge in [0, 0.05) is 6.04 Å². The van der Waals surface area contributed by atoms with Crippen molar-refractivity contribution in [1.82, 2.24) is 5.32 Å². The first-order chi connectivity index (χ1) is 7.74. The van der Waals surface area contributed by atoms with Crippen LogP contribution < -0.4 is 5.32 Å². The van der Waals surface area contributed by atoms with Crippen LogP contribution in [0.5, 0.6) is 0 Å². The first-order valence-electron chi connectivity index (χ1n) is 5.97. The van der Waals surface area contributed by atoms with Crippen LogP contribution in [0.2, 0.25) is 0 Å². The van der Waals surface area contributed by atoms with Gasteiger partial charge in [-0.3, -0.25) is 4.79 Å². The largest absolute Gasteiger partial charge is 0.481 e. The maximum Gasteiger partial charge on any atom is 0.407 e. The molecule has 0 aromatic rings. The summed E-state index contributed by atoms with van der Waals surface area (Å²) in [5.74, 6) is -0.636. The Hall–Kier alpha value is -1.26. The van der Waals surface area contributed by atoms with Gasteiger partial charge in [-0.25, -0.2) is 4.79 Å². The van der Waals surface area contributed by atoms with E-state index in [1.807, 2.05) is 0 Å². The number of amides is 1. The van der Waals surface area contributed by atoms with E-state index in [0.29, 0.717) is 12.8 Å². The van der Waals surface area contributed by atoms with Crippen molar-refractivity contribution in [3.63, 3.8) is 0 Å². The molecule has 2 N–H and O–H groups in total. The lowest BCUT2D eigenvalue weighted by Gasteiger charge is -2.22. The highest BCUT2D eigenvalue weighted by molar-refractivity contribution is 5.80. The van der Waals surface area contributed by atoms with Crippen LogP contribution in [0.3, 0.4) is 0 Å². The number of carboxylic acid groups (broad SMARTS) is 1. The number of carboxylic acids is 1. The van der Waals surface area contributed by atoms with Crippen LogP contribution in [0.25, 0.3) is 0 Å². The minimum absolute atomic E-state index is 0.0408. The first-order valence-corrected chi connectivity index (χ1v) is 5.97. The van der Waals surface area contributed by atoms with E-state index in [9.17, 15) is 9.59 Å². The SMILES string of the molecule is CC(C)(C)OC(=O)N[C@@H]1CC[C@]2(C(=O)O)C[C@H]12. The van der Waals surface area contributed by atoms with Crippen LogP contribution in [0.15, 0.2) is 0 Å². The number of rotatable bonds is 2. The number of hydrogen-bond donors (Lipinski definition) is 2. The van der Waals surface area contributed by atoms with Crippen molar-refractivity contribution in [2.24, 2.45) is 11.3 Å². The monoisotopic (exact) mass is 241 g/mol. The zero-order chi connectivity index (χ0) is 12.8. The average Bonchev–Trinajstić information content (AvgIpc) is 2.77. The van der Waals surface area contributed by atoms with Gasteiger partial charge in [-0.05, 0) is 46.0 Å². The van der Waals surface area contributed by atoms with E-state index in [-0.39, 0.29) is 12.0 Å². The molecule has 1 amide bonds. The summed E-state index contributed by atoms with van der Waals surface area (Å²) in [4.78, 5) is 22.7. The lowest BCUT2D eigenvalue weighted by Crippen LogP contribution is -2.39. The molecule has 0 aromatic heterocycles. The van der Waals surface area contributed by atoms with Crippen molar-refractivity contribution in [3.8, 4) is 0 Å². The topological polar surface area (TPSA) is 75.6 Å². The molecule has 0 unspecified atom stereocenters. The molecule has 0 aliphatic heterocycles. The Morgan fingerprint density at radius 2 is 2.06 bits per heavy atom. The molecule has 3 atom stereocenters. The molecular formula is C12H19NO4. The van der Waals surface area contributed by atoms with Crippen LogP contribution in [-0.2, 0) is 9.53 Å². The van der Waals surface area contributed by atoms with Crippen molar-refractivity contribution >= 4 is 12.1 Å². The number of carbonyl (C=O) groups is 2. The predicted molar refractivity (Wildman–Crippen MR) is 60.6 cm³/mol. The molecule has 0 bridgehead atoms. The van der Waals surface area contributed by atoms with E-state index in [4.69, 9.17) is 9.84 Å². The van der Waals surface area contributed by atoms with Crippen molar-refractivity contribution in [1.29, 1.82) is 0 Å². The highest BCUT2D eigenvalue weighted by Gasteiger charge is 2.67. The maximum absolute atomic E-state index is 11.6. The zero-order valence-electron chi connectivity index (χ0n) is 10.4. The molecule has 0 spiro atoms. The molecule has 0 aromatic carbocycles. The van der Waals surface area contributed by atoms with Gasteiger partial charge in [0.1, 0.15) is 5.60 Å². The second-order valence-electron chi connectivity index (χ2n) is 6.06.